The lowest BCUT2D eigenvalue weighted by Gasteiger charge is -2.36. The van der Waals surface area contributed by atoms with Crippen LogP contribution in [0.3, 0.4) is 0 Å². The van der Waals surface area contributed by atoms with Gasteiger partial charge in [-0.05, 0) is 38.4 Å². The highest BCUT2D eigenvalue weighted by Crippen LogP contribution is 2.17. The van der Waals surface area contributed by atoms with E-state index in [1.807, 2.05) is 48.2 Å². The summed E-state index contributed by atoms with van der Waals surface area (Å²) >= 11 is 0. The molecular formula is C16H24ClN5O. The number of anilines is 1. The fraction of sp³-hybridized carbons (Fsp3) is 0.500. The first-order valence-electron chi connectivity index (χ1n) is 7.53. The number of nitrogens with zero attached hydrogens (tertiary/aromatic N) is 4. The second-order valence-electron chi connectivity index (χ2n) is 5.67. The van der Waals surface area contributed by atoms with E-state index in [1.165, 1.54) is 0 Å². The number of rotatable bonds is 4. The van der Waals surface area contributed by atoms with E-state index in [9.17, 15) is 4.79 Å². The van der Waals surface area contributed by atoms with Crippen molar-refractivity contribution in [2.45, 2.75) is 0 Å². The maximum Gasteiger partial charge on any atom is 0.317 e. The third-order valence-electron chi connectivity index (χ3n) is 3.76. The molecule has 1 aromatic carbocycles. The number of amides is 2. The molecule has 0 unspecified atom stereocenters. The van der Waals surface area contributed by atoms with Crippen LogP contribution in [-0.2, 0) is 0 Å². The summed E-state index contributed by atoms with van der Waals surface area (Å²) < 4.78 is 0. The van der Waals surface area contributed by atoms with Gasteiger partial charge in [0.2, 0.25) is 0 Å². The number of urea groups is 1. The molecule has 2 amide bonds. The topological polar surface area (TPSA) is 62.6 Å². The van der Waals surface area contributed by atoms with Crippen molar-refractivity contribution in [2.24, 2.45) is 0 Å². The van der Waals surface area contributed by atoms with Gasteiger partial charge in [-0.2, -0.15) is 5.26 Å². The van der Waals surface area contributed by atoms with E-state index in [-0.39, 0.29) is 18.4 Å². The molecule has 0 spiro atoms. The number of carbonyl (C=O) groups excluding carboxylic acids is 1. The van der Waals surface area contributed by atoms with Crippen LogP contribution < -0.4 is 10.2 Å². The number of hydrogen-bond acceptors (Lipinski definition) is 4. The summed E-state index contributed by atoms with van der Waals surface area (Å²) in [4.78, 5) is 18.2. The van der Waals surface area contributed by atoms with Crippen LogP contribution in [0.25, 0.3) is 0 Å². The lowest BCUT2D eigenvalue weighted by Crippen LogP contribution is -2.52. The maximum absolute atomic E-state index is 12.0. The molecule has 1 aliphatic heterocycles. The van der Waals surface area contributed by atoms with Crippen molar-refractivity contribution in [2.75, 3.05) is 58.3 Å². The monoisotopic (exact) mass is 337 g/mol. The molecule has 6 nitrogen and oxygen atoms in total. The summed E-state index contributed by atoms with van der Waals surface area (Å²) in [5.41, 5.74) is 1.77. The van der Waals surface area contributed by atoms with Gasteiger partial charge in [-0.15, -0.1) is 12.4 Å². The van der Waals surface area contributed by atoms with Gasteiger partial charge >= 0.3 is 6.03 Å². The molecule has 0 aliphatic carbocycles. The predicted octanol–water partition coefficient (Wildman–Crippen LogP) is 1.37. The Balaban J connectivity index is 0.00000264. The summed E-state index contributed by atoms with van der Waals surface area (Å²) in [6, 6.07) is 9.72. The molecule has 1 heterocycles. The molecule has 7 heteroatoms. The van der Waals surface area contributed by atoms with Crippen LogP contribution in [0.2, 0.25) is 0 Å². The highest BCUT2D eigenvalue weighted by Gasteiger charge is 2.20. The van der Waals surface area contributed by atoms with Crippen LogP contribution in [0, 0.1) is 11.3 Å². The first-order valence-corrected chi connectivity index (χ1v) is 7.53. The molecule has 0 aromatic heterocycles. The summed E-state index contributed by atoms with van der Waals surface area (Å²) in [5.74, 6) is 0. The normalized spacial score (nSPS) is 14.2. The van der Waals surface area contributed by atoms with Crippen molar-refractivity contribution < 1.29 is 4.79 Å². The average molecular weight is 338 g/mol. The van der Waals surface area contributed by atoms with E-state index in [1.54, 1.807) is 0 Å². The highest BCUT2D eigenvalue weighted by atomic mass is 35.5. The first-order chi connectivity index (χ1) is 10.6. The van der Waals surface area contributed by atoms with Crippen molar-refractivity contribution in [1.82, 2.24) is 15.1 Å². The Morgan fingerprint density at radius 3 is 2.35 bits per heavy atom. The third kappa shape index (κ3) is 5.62. The number of benzene rings is 1. The van der Waals surface area contributed by atoms with Gasteiger partial charge in [-0.25, -0.2) is 4.79 Å². The van der Waals surface area contributed by atoms with Gasteiger partial charge in [-0.1, -0.05) is 0 Å². The number of nitriles is 1. The van der Waals surface area contributed by atoms with E-state index in [2.05, 4.69) is 16.3 Å². The van der Waals surface area contributed by atoms with Crippen molar-refractivity contribution in [3.63, 3.8) is 0 Å². The zero-order chi connectivity index (χ0) is 15.9. The molecule has 1 N–H and O–H groups in total. The molecule has 1 fully saturated rings. The molecular weight excluding hydrogens is 314 g/mol. The Morgan fingerprint density at radius 2 is 1.83 bits per heavy atom. The van der Waals surface area contributed by atoms with Crippen molar-refractivity contribution in [3.8, 4) is 6.07 Å². The fourth-order valence-electron chi connectivity index (χ4n) is 2.41. The van der Waals surface area contributed by atoms with Crippen molar-refractivity contribution >= 4 is 24.1 Å². The van der Waals surface area contributed by atoms with Crippen LogP contribution in [-0.4, -0.2) is 69.2 Å². The summed E-state index contributed by atoms with van der Waals surface area (Å²) in [5, 5.41) is 11.8. The van der Waals surface area contributed by atoms with Gasteiger partial charge in [0.15, 0.2) is 0 Å². The number of hydrogen-bond donors (Lipinski definition) is 1. The number of nitrogens with one attached hydrogen (secondary N) is 1. The second kappa shape index (κ2) is 9.23. The SMILES string of the molecule is CN(C)CCNC(=O)N1CCN(c2ccc(C#N)cc2)CC1.Cl. The number of likely N-dealkylation sites (N-methyl/N-ethyl adjacent to an activating group) is 1. The Hall–Kier alpha value is -1.97. The minimum atomic E-state index is 0. The van der Waals surface area contributed by atoms with E-state index in [4.69, 9.17) is 5.26 Å². The van der Waals surface area contributed by atoms with Gasteiger partial charge in [0.05, 0.1) is 11.6 Å². The third-order valence-corrected chi connectivity index (χ3v) is 3.76. The average Bonchev–Trinajstić information content (AvgIpc) is 2.54. The van der Waals surface area contributed by atoms with E-state index < -0.39 is 0 Å². The van der Waals surface area contributed by atoms with Gasteiger partial charge in [-0.3, -0.25) is 0 Å². The van der Waals surface area contributed by atoms with Crippen molar-refractivity contribution in [3.05, 3.63) is 29.8 Å². The standard InChI is InChI=1S/C16H23N5O.ClH/c1-19(2)8-7-18-16(22)21-11-9-20(10-12-21)15-5-3-14(13-17)4-6-15;/h3-6H,7-12H2,1-2H3,(H,18,22);1H. The van der Waals surface area contributed by atoms with Crippen LogP contribution in [0.4, 0.5) is 10.5 Å². The zero-order valence-corrected chi connectivity index (χ0v) is 14.5. The second-order valence-corrected chi connectivity index (χ2v) is 5.67. The largest absolute Gasteiger partial charge is 0.368 e. The Labute approximate surface area is 144 Å². The van der Waals surface area contributed by atoms with E-state index >= 15 is 0 Å². The molecule has 0 atom stereocenters. The molecule has 1 saturated heterocycles. The minimum Gasteiger partial charge on any atom is -0.368 e. The lowest BCUT2D eigenvalue weighted by molar-refractivity contribution is 0.193. The van der Waals surface area contributed by atoms with Gasteiger partial charge in [0.25, 0.3) is 0 Å². The fourth-order valence-corrected chi connectivity index (χ4v) is 2.41. The van der Waals surface area contributed by atoms with Gasteiger partial charge < -0.3 is 20.0 Å². The molecule has 1 aliphatic rings. The van der Waals surface area contributed by atoms with Gasteiger partial charge in [0.1, 0.15) is 0 Å². The first kappa shape index (κ1) is 19.1. The molecule has 126 valence electrons. The summed E-state index contributed by atoms with van der Waals surface area (Å²) in [7, 11) is 3.98. The van der Waals surface area contributed by atoms with Crippen LogP contribution >= 0.6 is 12.4 Å². The Morgan fingerprint density at radius 1 is 1.22 bits per heavy atom. The summed E-state index contributed by atoms with van der Waals surface area (Å²) in [6.45, 7) is 4.57. The minimum absolute atomic E-state index is 0. The molecule has 2 rings (SSSR count). The molecule has 1 aromatic rings. The lowest BCUT2D eigenvalue weighted by atomic mass is 10.2. The van der Waals surface area contributed by atoms with Crippen LogP contribution in [0.5, 0.6) is 0 Å². The number of piperazine rings is 1. The predicted molar refractivity (Wildman–Crippen MR) is 94.1 cm³/mol. The van der Waals surface area contributed by atoms with E-state index in [0.29, 0.717) is 25.2 Å². The summed E-state index contributed by atoms with van der Waals surface area (Å²) in [6.07, 6.45) is 0. The smallest absolute Gasteiger partial charge is 0.317 e. The molecule has 0 radical (unpaired) electrons. The Kier molecular flexibility index (Phi) is 7.66. The van der Waals surface area contributed by atoms with Crippen LogP contribution in [0.15, 0.2) is 24.3 Å². The number of halogens is 1. The van der Waals surface area contributed by atoms with Crippen molar-refractivity contribution in [1.29, 1.82) is 5.26 Å². The van der Waals surface area contributed by atoms with E-state index in [0.717, 1.165) is 25.3 Å². The van der Waals surface area contributed by atoms with Crippen LogP contribution in [0.1, 0.15) is 5.56 Å². The highest BCUT2D eigenvalue weighted by molar-refractivity contribution is 5.85. The zero-order valence-electron chi connectivity index (χ0n) is 13.7. The Bertz CT molecular complexity index is 532. The molecule has 0 bridgehead atoms. The quantitative estimate of drug-likeness (QED) is 0.901. The van der Waals surface area contributed by atoms with Gasteiger partial charge in [0, 0.05) is 45.0 Å². The molecule has 23 heavy (non-hydrogen) atoms. The molecule has 0 saturated carbocycles. The number of carbonyl (C=O) groups is 1. The maximum atomic E-state index is 12.0.